The van der Waals surface area contributed by atoms with Crippen LogP contribution >= 0.6 is 0 Å². The third-order valence-electron chi connectivity index (χ3n) is 4.90. The van der Waals surface area contributed by atoms with E-state index in [1.165, 1.54) is 0 Å². The number of benzene rings is 1. The van der Waals surface area contributed by atoms with Gasteiger partial charge in [-0.05, 0) is 37.5 Å². The number of ether oxygens (including phenoxy) is 1. The summed E-state index contributed by atoms with van der Waals surface area (Å²) in [5, 5.41) is 5.39. The van der Waals surface area contributed by atoms with Gasteiger partial charge < -0.3 is 20.3 Å². The summed E-state index contributed by atoms with van der Waals surface area (Å²) in [5.74, 6) is 0.685. The number of carbonyl (C=O) groups is 2. The van der Waals surface area contributed by atoms with Gasteiger partial charge in [0, 0.05) is 30.5 Å². The van der Waals surface area contributed by atoms with Crippen LogP contribution in [-0.2, 0) is 11.3 Å². The van der Waals surface area contributed by atoms with Gasteiger partial charge in [-0.25, -0.2) is 4.79 Å². The number of likely N-dealkylation sites (tertiary alicyclic amines) is 1. The van der Waals surface area contributed by atoms with Crippen molar-refractivity contribution in [2.24, 2.45) is 0 Å². The van der Waals surface area contributed by atoms with Crippen molar-refractivity contribution >= 4 is 11.9 Å². The minimum Gasteiger partial charge on any atom is -0.496 e. The molecule has 0 spiro atoms. The van der Waals surface area contributed by atoms with Crippen molar-refractivity contribution in [1.29, 1.82) is 0 Å². The molecule has 1 fully saturated rings. The van der Waals surface area contributed by atoms with Gasteiger partial charge in [0.15, 0.2) is 0 Å². The number of aromatic nitrogens is 1. The van der Waals surface area contributed by atoms with Crippen LogP contribution in [0.25, 0.3) is 0 Å². The Kier molecular flexibility index (Phi) is 6.47. The number of hydrogen-bond donors (Lipinski definition) is 2. The van der Waals surface area contributed by atoms with Crippen LogP contribution < -0.4 is 15.4 Å². The summed E-state index contributed by atoms with van der Waals surface area (Å²) >= 11 is 0. The molecule has 2 heterocycles. The van der Waals surface area contributed by atoms with Crippen LogP contribution in [-0.4, -0.2) is 42.0 Å². The summed E-state index contributed by atoms with van der Waals surface area (Å²) in [7, 11) is 1.63. The van der Waals surface area contributed by atoms with E-state index in [-0.39, 0.29) is 24.5 Å². The molecule has 0 aliphatic carbocycles. The minimum atomic E-state index is -0.373. The fourth-order valence-electron chi connectivity index (χ4n) is 3.44. The standard InChI is InChI=1S/C21H26N4O3/c1-15-9-10-16(12-22-15)13-23-21(27)24-14-20(26)25-11-5-7-18(25)17-6-3-4-8-19(17)28-2/h3-4,6,8-10,12,18H,5,7,11,13-14H2,1-2H3,(H2,23,24,27). The van der Waals surface area contributed by atoms with Crippen molar-refractivity contribution in [3.63, 3.8) is 0 Å². The van der Waals surface area contributed by atoms with Crippen molar-refractivity contribution in [1.82, 2.24) is 20.5 Å². The highest BCUT2D eigenvalue weighted by Crippen LogP contribution is 2.36. The molecule has 1 aromatic heterocycles. The van der Waals surface area contributed by atoms with E-state index in [9.17, 15) is 9.59 Å². The third-order valence-corrected chi connectivity index (χ3v) is 4.90. The molecular weight excluding hydrogens is 356 g/mol. The fraction of sp³-hybridized carbons (Fsp3) is 0.381. The molecule has 1 aliphatic rings. The number of hydrogen-bond acceptors (Lipinski definition) is 4. The van der Waals surface area contributed by atoms with Crippen LogP contribution in [0.3, 0.4) is 0 Å². The molecule has 1 aromatic carbocycles. The summed E-state index contributed by atoms with van der Waals surface area (Å²) in [4.78, 5) is 30.7. The van der Waals surface area contributed by atoms with Crippen molar-refractivity contribution in [2.45, 2.75) is 32.4 Å². The van der Waals surface area contributed by atoms with Crippen LogP contribution in [0.15, 0.2) is 42.6 Å². The second-order valence-electron chi connectivity index (χ2n) is 6.83. The first-order chi connectivity index (χ1) is 13.6. The lowest BCUT2D eigenvalue weighted by molar-refractivity contribution is -0.131. The van der Waals surface area contributed by atoms with Gasteiger partial charge in [-0.15, -0.1) is 0 Å². The zero-order chi connectivity index (χ0) is 19.9. The second kappa shape index (κ2) is 9.21. The summed E-state index contributed by atoms with van der Waals surface area (Å²) in [5.41, 5.74) is 2.84. The Morgan fingerprint density at radius 2 is 2.04 bits per heavy atom. The normalized spacial score (nSPS) is 15.9. The molecule has 0 radical (unpaired) electrons. The zero-order valence-electron chi connectivity index (χ0n) is 16.3. The Bertz CT molecular complexity index is 823. The van der Waals surface area contributed by atoms with Crippen LogP contribution in [0.2, 0.25) is 0 Å². The van der Waals surface area contributed by atoms with Gasteiger partial charge >= 0.3 is 6.03 Å². The van der Waals surface area contributed by atoms with E-state index in [1.807, 2.05) is 48.2 Å². The molecule has 0 saturated carbocycles. The highest BCUT2D eigenvalue weighted by Gasteiger charge is 2.31. The number of nitrogens with one attached hydrogen (secondary N) is 2. The number of aryl methyl sites for hydroxylation is 1. The van der Waals surface area contributed by atoms with Gasteiger partial charge in [-0.2, -0.15) is 0 Å². The number of urea groups is 1. The first kappa shape index (κ1) is 19.7. The van der Waals surface area contributed by atoms with E-state index in [2.05, 4.69) is 15.6 Å². The van der Waals surface area contributed by atoms with Crippen molar-refractivity contribution in [3.8, 4) is 5.75 Å². The predicted molar refractivity (Wildman–Crippen MR) is 106 cm³/mol. The second-order valence-corrected chi connectivity index (χ2v) is 6.83. The number of pyridine rings is 1. The molecule has 148 valence electrons. The largest absolute Gasteiger partial charge is 0.496 e. The molecule has 7 nitrogen and oxygen atoms in total. The summed E-state index contributed by atoms with van der Waals surface area (Å²) in [6, 6.07) is 11.2. The molecule has 1 unspecified atom stereocenters. The SMILES string of the molecule is COc1ccccc1C1CCCN1C(=O)CNC(=O)NCc1ccc(C)nc1. The topological polar surface area (TPSA) is 83.6 Å². The fourth-order valence-corrected chi connectivity index (χ4v) is 3.44. The average Bonchev–Trinajstić information content (AvgIpc) is 3.21. The van der Waals surface area contributed by atoms with Crippen LogP contribution in [0.1, 0.15) is 35.7 Å². The monoisotopic (exact) mass is 382 g/mol. The van der Waals surface area contributed by atoms with Crippen molar-refractivity contribution in [3.05, 3.63) is 59.4 Å². The summed E-state index contributed by atoms with van der Waals surface area (Å²) < 4.78 is 5.44. The first-order valence-corrected chi connectivity index (χ1v) is 9.44. The number of para-hydroxylation sites is 1. The van der Waals surface area contributed by atoms with Crippen LogP contribution in [0, 0.1) is 6.92 Å². The van der Waals surface area contributed by atoms with Gasteiger partial charge in [0.25, 0.3) is 0 Å². The lowest BCUT2D eigenvalue weighted by Crippen LogP contribution is -2.43. The minimum absolute atomic E-state index is 0.0212. The molecule has 1 atom stereocenters. The van der Waals surface area contributed by atoms with E-state index in [0.29, 0.717) is 13.1 Å². The average molecular weight is 382 g/mol. The van der Waals surface area contributed by atoms with Crippen molar-refractivity contribution < 1.29 is 14.3 Å². The lowest BCUT2D eigenvalue weighted by Gasteiger charge is -2.26. The third kappa shape index (κ3) is 4.79. The molecule has 3 amide bonds. The van der Waals surface area contributed by atoms with E-state index < -0.39 is 0 Å². The predicted octanol–water partition coefficient (Wildman–Crippen LogP) is 2.56. The highest BCUT2D eigenvalue weighted by molar-refractivity contribution is 5.84. The molecule has 7 heteroatoms. The maximum Gasteiger partial charge on any atom is 0.315 e. The van der Waals surface area contributed by atoms with Gasteiger partial charge in [0.05, 0.1) is 19.7 Å². The summed E-state index contributed by atoms with van der Waals surface area (Å²) in [6.45, 7) is 2.91. The Morgan fingerprint density at radius 1 is 1.21 bits per heavy atom. The van der Waals surface area contributed by atoms with E-state index >= 15 is 0 Å². The first-order valence-electron chi connectivity index (χ1n) is 9.44. The Hall–Kier alpha value is -3.09. The van der Waals surface area contributed by atoms with Gasteiger partial charge in [0.2, 0.25) is 5.91 Å². The van der Waals surface area contributed by atoms with Crippen molar-refractivity contribution in [2.75, 3.05) is 20.2 Å². The van der Waals surface area contributed by atoms with Gasteiger partial charge in [-0.3, -0.25) is 9.78 Å². The lowest BCUT2D eigenvalue weighted by atomic mass is 10.0. The Labute approximate surface area is 165 Å². The maximum atomic E-state index is 12.7. The Balaban J connectivity index is 1.52. The van der Waals surface area contributed by atoms with E-state index in [0.717, 1.165) is 35.4 Å². The molecule has 1 aliphatic heterocycles. The molecule has 2 aromatic rings. The molecule has 1 saturated heterocycles. The summed E-state index contributed by atoms with van der Waals surface area (Å²) in [6.07, 6.45) is 3.54. The van der Waals surface area contributed by atoms with Crippen LogP contribution in [0.5, 0.6) is 5.75 Å². The smallest absolute Gasteiger partial charge is 0.315 e. The number of amides is 3. The maximum absolute atomic E-state index is 12.7. The molecule has 28 heavy (non-hydrogen) atoms. The number of methoxy groups -OCH3 is 1. The molecule has 2 N–H and O–H groups in total. The molecule has 0 bridgehead atoms. The number of carbonyl (C=O) groups excluding carboxylic acids is 2. The molecular formula is C21H26N4O3. The number of rotatable bonds is 6. The number of nitrogens with zero attached hydrogens (tertiary/aromatic N) is 2. The Morgan fingerprint density at radius 3 is 2.79 bits per heavy atom. The van der Waals surface area contributed by atoms with Gasteiger partial charge in [0.1, 0.15) is 5.75 Å². The highest BCUT2D eigenvalue weighted by atomic mass is 16.5. The zero-order valence-corrected chi connectivity index (χ0v) is 16.3. The van der Waals surface area contributed by atoms with E-state index in [1.54, 1.807) is 13.3 Å². The van der Waals surface area contributed by atoms with E-state index in [4.69, 9.17) is 4.74 Å². The molecule has 3 rings (SSSR count). The van der Waals surface area contributed by atoms with Gasteiger partial charge in [-0.1, -0.05) is 24.3 Å². The quantitative estimate of drug-likeness (QED) is 0.804. The van der Waals surface area contributed by atoms with Crippen LogP contribution in [0.4, 0.5) is 4.79 Å².